The number of aliphatic hydroxyl groups excluding tert-OH is 1. The van der Waals surface area contributed by atoms with E-state index in [0.717, 1.165) is 54.7 Å². The van der Waals surface area contributed by atoms with Gasteiger partial charge in [0.05, 0.1) is 22.1 Å². The molecule has 6 atom stereocenters. The molecule has 0 aromatic carbocycles. The Morgan fingerprint density at radius 1 is 1.19 bits per heavy atom. The van der Waals surface area contributed by atoms with E-state index >= 15 is 0 Å². The van der Waals surface area contributed by atoms with E-state index in [4.69, 9.17) is 0 Å². The molecule has 31 heavy (non-hydrogen) atoms. The topological polar surface area (TPSA) is 88.1 Å². The summed E-state index contributed by atoms with van der Waals surface area (Å²) >= 11 is 1.13. The molecule has 3 saturated carbocycles. The quantitative estimate of drug-likeness (QED) is 0.280. The number of thiophene rings is 1. The lowest BCUT2D eigenvalue weighted by Gasteiger charge is -2.57. The van der Waals surface area contributed by atoms with Crippen molar-refractivity contribution in [3.63, 3.8) is 0 Å². The highest BCUT2D eigenvalue weighted by Gasteiger charge is 2.57. The molecular formula is C24H31N3O3S. The van der Waals surface area contributed by atoms with E-state index in [1.165, 1.54) is 30.2 Å². The predicted octanol–water partition coefficient (Wildman–Crippen LogP) is 5.75. The van der Waals surface area contributed by atoms with Crippen LogP contribution in [0.15, 0.2) is 34.0 Å². The Kier molecular flexibility index (Phi) is 5.17. The molecule has 0 aliphatic heterocycles. The number of nitrogens with zero attached hydrogens (tertiary/aromatic N) is 3. The second-order valence-electron chi connectivity index (χ2n) is 10.4. The number of nitro groups is 1. The van der Waals surface area contributed by atoms with Crippen molar-refractivity contribution in [2.45, 2.75) is 71.3 Å². The molecule has 6 nitrogen and oxygen atoms in total. The van der Waals surface area contributed by atoms with Crippen molar-refractivity contribution in [2.75, 3.05) is 0 Å². The highest BCUT2D eigenvalue weighted by Crippen LogP contribution is 2.64. The molecule has 0 amide bonds. The lowest BCUT2D eigenvalue weighted by Crippen LogP contribution is -2.50. The van der Waals surface area contributed by atoms with E-state index in [2.05, 4.69) is 30.1 Å². The standard InChI is InChI=1S/C24H31N3O3S/c1-23-11-9-16(28)13-15(23)3-5-18-19-6-7-21(24(19,2)12-10-20(18)23)26-25-14-17-4-8-22(31-17)27(29)30/h3-4,8,14,16,18-20,28H,5-7,9-13H2,1-2H3/b25-14-,26-21-/t16-,18-,19+,20-,23+,24+/m1/s1. The summed E-state index contributed by atoms with van der Waals surface area (Å²) in [5.74, 6) is 2.05. The number of hydrogen-bond donors (Lipinski definition) is 1. The van der Waals surface area contributed by atoms with E-state index in [1.807, 2.05) is 0 Å². The molecule has 4 aliphatic carbocycles. The molecule has 7 heteroatoms. The van der Waals surface area contributed by atoms with Gasteiger partial charge in [-0.15, -0.1) is 0 Å². The first kappa shape index (κ1) is 21.0. The smallest absolute Gasteiger partial charge is 0.324 e. The van der Waals surface area contributed by atoms with Crippen molar-refractivity contribution in [1.82, 2.24) is 0 Å². The molecule has 1 aromatic heterocycles. The lowest BCUT2D eigenvalue weighted by molar-refractivity contribution is -0.380. The van der Waals surface area contributed by atoms with Crippen LogP contribution in [0.2, 0.25) is 0 Å². The number of rotatable bonds is 3. The van der Waals surface area contributed by atoms with Gasteiger partial charge in [-0.1, -0.05) is 36.8 Å². The summed E-state index contributed by atoms with van der Waals surface area (Å²) in [4.78, 5) is 11.3. The van der Waals surface area contributed by atoms with Crippen LogP contribution in [-0.4, -0.2) is 28.1 Å². The van der Waals surface area contributed by atoms with Gasteiger partial charge < -0.3 is 5.11 Å². The molecule has 0 spiro atoms. The second-order valence-corrected chi connectivity index (χ2v) is 11.5. The summed E-state index contributed by atoms with van der Waals surface area (Å²) in [6.45, 7) is 4.84. The number of hydrogen-bond acceptors (Lipinski definition) is 6. The molecule has 1 N–H and O–H groups in total. The van der Waals surface area contributed by atoms with Crippen LogP contribution in [-0.2, 0) is 0 Å². The van der Waals surface area contributed by atoms with Gasteiger partial charge in [0, 0.05) is 17.2 Å². The maximum Gasteiger partial charge on any atom is 0.324 e. The molecule has 0 unspecified atom stereocenters. The van der Waals surface area contributed by atoms with Crippen molar-refractivity contribution < 1.29 is 10.0 Å². The summed E-state index contributed by atoms with van der Waals surface area (Å²) in [6, 6.07) is 3.24. The molecule has 3 fully saturated rings. The Bertz CT molecular complexity index is 982. The fourth-order valence-corrected chi connectivity index (χ4v) is 7.95. The third-order valence-electron chi connectivity index (χ3n) is 8.97. The van der Waals surface area contributed by atoms with E-state index in [1.54, 1.807) is 12.3 Å². The first-order valence-electron chi connectivity index (χ1n) is 11.5. The van der Waals surface area contributed by atoms with E-state index < -0.39 is 0 Å². The Labute approximate surface area is 187 Å². The highest BCUT2D eigenvalue weighted by atomic mass is 32.1. The average molecular weight is 442 g/mol. The minimum Gasteiger partial charge on any atom is -0.393 e. The van der Waals surface area contributed by atoms with Gasteiger partial charge in [0.1, 0.15) is 0 Å². The van der Waals surface area contributed by atoms with Crippen molar-refractivity contribution in [3.8, 4) is 0 Å². The lowest BCUT2D eigenvalue weighted by atomic mass is 9.48. The molecule has 0 radical (unpaired) electrons. The third-order valence-corrected chi connectivity index (χ3v) is 9.95. The molecule has 1 heterocycles. The van der Waals surface area contributed by atoms with Gasteiger partial charge in [-0.05, 0) is 80.6 Å². The average Bonchev–Trinajstić information content (AvgIpc) is 3.33. The summed E-state index contributed by atoms with van der Waals surface area (Å²) in [7, 11) is 0. The van der Waals surface area contributed by atoms with Crippen molar-refractivity contribution >= 4 is 28.3 Å². The van der Waals surface area contributed by atoms with Gasteiger partial charge in [0.25, 0.3) is 0 Å². The van der Waals surface area contributed by atoms with Gasteiger partial charge in [0.2, 0.25) is 0 Å². The summed E-state index contributed by atoms with van der Waals surface area (Å²) in [5, 5.41) is 30.2. The Morgan fingerprint density at radius 2 is 1.97 bits per heavy atom. The fourth-order valence-electron chi connectivity index (χ4n) is 7.26. The highest BCUT2D eigenvalue weighted by molar-refractivity contribution is 7.16. The molecule has 4 aliphatic rings. The largest absolute Gasteiger partial charge is 0.393 e. The summed E-state index contributed by atoms with van der Waals surface area (Å²) in [6.07, 6.45) is 12.6. The second kappa shape index (κ2) is 7.62. The minimum atomic E-state index is -0.369. The molecule has 166 valence electrons. The SMILES string of the molecule is C[C@]12CC[C@@H](O)CC1=CC[C@H]1[C@H]2CC[C@]2(C)/C(=N\N=C/c3ccc([N+](=O)[O-])s3)CC[C@@H]12. The van der Waals surface area contributed by atoms with Gasteiger partial charge in [-0.25, -0.2) is 0 Å². The fraction of sp³-hybridized carbons (Fsp3) is 0.667. The number of allylic oxidation sites excluding steroid dienone is 1. The molecule has 0 bridgehead atoms. The van der Waals surface area contributed by atoms with Crippen LogP contribution in [0.4, 0.5) is 5.00 Å². The van der Waals surface area contributed by atoms with Crippen molar-refractivity contribution in [2.24, 2.45) is 38.8 Å². The van der Waals surface area contributed by atoms with Crippen LogP contribution in [0.25, 0.3) is 0 Å². The Balaban J connectivity index is 1.35. The number of aliphatic hydroxyl groups is 1. The normalized spacial score (nSPS) is 41.0. The van der Waals surface area contributed by atoms with Crippen molar-refractivity contribution in [3.05, 3.63) is 38.8 Å². The van der Waals surface area contributed by atoms with Crippen LogP contribution in [0.5, 0.6) is 0 Å². The number of fused-ring (bicyclic) bond motifs is 5. The van der Waals surface area contributed by atoms with Crippen LogP contribution < -0.4 is 0 Å². The van der Waals surface area contributed by atoms with Gasteiger partial charge in [0.15, 0.2) is 0 Å². The van der Waals surface area contributed by atoms with E-state index in [-0.39, 0.29) is 26.9 Å². The molecule has 1 aromatic rings. The van der Waals surface area contributed by atoms with Gasteiger partial charge in [-0.2, -0.15) is 10.2 Å². The maximum atomic E-state index is 10.9. The first-order chi connectivity index (χ1) is 14.8. The zero-order valence-electron chi connectivity index (χ0n) is 18.3. The molecular weight excluding hydrogens is 410 g/mol. The van der Waals surface area contributed by atoms with Gasteiger partial charge in [-0.3, -0.25) is 10.1 Å². The van der Waals surface area contributed by atoms with Crippen LogP contribution in [0.1, 0.15) is 70.1 Å². The zero-order chi connectivity index (χ0) is 21.8. The van der Waals surface area contributed by atoms with Gasteiger partial charge >= 0.3 is 5.00 Å². The predicted molar refractivity (Wildman–Crippen MR) is 124 cm³/mol. The summed E-state index contributed by atoms with van der Waals surface area (Å²) < 4.78 is 0. The van der Waals surface area contributed by atoms with E-state index in [9.17, 15) is 15.2 Å². The minimum absolute atomic E-state index is 0.107. The monoisotopic (exact) mass is 441 g/mol. The summed E-state index contributed by atoms with van der Waals surface area (Å²) in [5.41, 5.74) is 3.08. The van der Waals surface area contributed by atoms with E-state index in [0.29, 0.717) is 17.8 Å². The molecule has 5 rings (SSSR count). The zero-order valence-corrected chi connectivity index (χ0v) is 19.1. The molecule has 0 saturated heterocycles. The Morgan fingerprint density at radius 3 is 2.74 bits per heavy atom. The maximum absolute atomic E-state index is 10.9. The van der Waals surface area contributed by atoms with Crippen molar-refractivity contribution in [1.29, 1.82) is 0 Å². The first-order valence-corrected chi connectivity index (χ1v) is 12.3. The van der Waals surface area contributed by atoms with Crippen LogP contribution in [0.3, 0.4) is 0 Å². The third kappa shape index (κ3) is 3.41. The van der Waals surface area contributed by atoms with Crippen LogP contribution >= 0.6 is 11.3 Å². The van der Waals surface area contributed by atoms with Crippen LogP contribution in [0, 0.1) is 38.7 Å². The Hall–Kier alpha value is -1.86.